The second-order valence-corrected chi connectivity index (χ2v) is 6.94. The Kier molecular flexibility index (Phi) is 5.49. The van der Waals surface area contributed by atoms with Crippen LogP contribution in [0.5, 0.6) is 0 Å². The predicted octanol–water partition coefficient (Wildman–Crippen LogP) is 4.88. The van der Waals surface area contributed by atoms with Gasteiger partial charge in [0.2, 0.25) is 0 Å². The number of rotatable bonds is 5. The van der Waals surface area contributed by atoms with E-state index in [2.05, 4.69) is 15.5 Å². The average molecular weight is 410 g/mol. The fourth-order valence-electron chi connectivity index (χ4n) is 3.25. The van der Waals surface area contributed by atoms with E-state index >= 15 is 0 Å². The SMILES string of the molecule is Cc1ccc(/C=N/NC(=O)c2cc(-c3ccccc3)nc3ccccc23)cc1[N+](=O)[O-]. The fraction of sp³-hybridized carbons (Fsp3) is 0.0417. The van der Waals surface area contributed by atoms with Crippen LogP contribution >= 0.6 is 0 Å². The number of nitrogens with one attached hydrogen (secondary N) is 1. The molecule has 7 heteroatoms. The van der Waals surface area contributed by atoms with Gasteiger partial charge < -0.3 is 0 Å². The van der Waals surface area contributed by atoms with Gasteiger partial charge in [-0.2, -0.15) is 5.10 Å². The van der Waals surface area contributed by atoms with Gasteiger partial charge >= 0.3 is 0 Å². The smallest absolute Gasteiger partial charge is 0.267 e. The highest BCUT2D eigenvalue weighted by Crippen LogP contribution is 2.25. The monoisotopic (exact) mass is 410 g/mol. The zero-order valence-corrected chi connectivity index (χ0v) is 16.6. The zero-order chi connectivity index (χ0) is 21.8. The molecule has 0 spiro atoms. The number of nitrogens with zero attached hydrogens (tertiary/aromatic N) is 3. The topological polar surface area (TPSA) is 97.5 Å². The maximum absolute atomic E-state index is 12.9. The van der Waals surface area contributed by atoms with Crippen LogP contribution in [0.2, 0.25) is 0 Å². The summed E-state index contributed by atoms with van der Waals surface area (Å²) in [5, 5.41) is 15.8. The number of aromatic nitrogens is 1. The highest BCUT2D eigenvalue weighted by molar-refractivity contribution is 6.07. The van der Waals surface area contributed by atoms with Gasteiger partial charge in [0.25, 0.3) is 11.6 Å². The van der Waals surface area contributed by atoms with E-state index in [0.717, 1.165) is 5.56 Å². The first kappa shape index (κ1) is 19.9. The Morgan fingerprint density at radius 2 is 1.77 bits per heavy atom. The summed E-state index contributed by atoms with van der Waals surface area (Å²) in [5.41, 5.74) is 6.32. The minimum atomic E-state index is -0.445. The van der Waals surface area contributed by atoms with Gasteiger partial charge in [0.05, 0.1) is 27.9 Å². The lowest BCUT2D eigenvalue weighted by Gasteiger charge is -2.09. The van der Waals surface area contributed by atoms with Crippen LogP contribution < -0.4 is 5.43 Å². The third-order valence-corrected chi connectivity index (χ3v) is 4.84. The van der Waals surface area contributed by atoms with Crippen molar-refractivity contribution >= 4 is 28.7 Å². The van der Waals surface area contributed by atoms with E-state index in [1.807, 2.05) is 54.6 Å². The standard InChI is InChI=1S/C24H18N4O3/c1-16-11-12-17(13-23(16)28(30)31)15-25-27-24(29)20-14-22(18-7-3-2-4-8-18)26-21-10-6-5-9-19(20)21/h2-15H,1H3,(H,27,29)/b25-15+. The van der Waals surface area contributed by atoms with Crippen molar-refractivity contribution < 1.29 is 9.72 Å². The molecule has 1 amide bonds. The Hall–Kier alpha value is -4.39. The minimum Gasteiger partial charge on any atom is -0.267 e. The first-order valence-corrected chi connectivity index (χ1v) is 9.56. The molecule has 1 heterocycles. The van der Waals surface area contributed by atoms with Crippen LogP contribution in [0, 0.1) is 17.0 Å². The molecule has 3 aromatic carbocycles. The lowest BCUT2D eigenvalue weighted by Crippen LogP contribution is -2.18. The number of nitro groups is 1. The van der Waals surface area contributed by atoms with E-state index in [4.69, 9.17) is 0 Å². The summed E-state index contributed by atoms with van der Waals surface area (Å²) in [6.45, 7) is 1.67. The fourth-order valence-corrected chi connectivity index (χ4v) is 3.25. The summed E-state index contributed by atoms with van der Waals surface area (Å²) in [4.78, 5) is 28.2. The summed E-state index contributed by atoms with van der Waals surface area (Å²) in [5.74, 6) is -0.395. The van der Waals surface area contributed by atoms with Crippen LogP contribution in [0.15, 0.2) is 84.0 Å². The molecule has 7 nitrogen and oxygen atoms in total. The predicted molar refractivity (Wildman–Crippen MR) is 120 cm³/mol. The molecule has 0 atom stereocenters. The summed E-state index contributed by atoms with van der Waals surface area (Å²) in [6.07, 6.45) is 1.38. The number of carbonyl (C=O) groups is 1. The Balaban J connectivity index is 1.64. The average Bonchev–Trinajstić information content (AvgIpc) is 2.79. The Morgan fingerprint density at radius 3 is 2.55 bits per heavy atom. The first-order chi connectivity index (χ1) is 15.0. The van der Waals surface area contributed by atoms with E-state index in [9.17, 15) is 14.9 Å². The van der Waals surface area contributed by atoms with Crippen molar-refractivity contribution in [2.24, 2.45) is 5.10 Å². The number of aryl methyl sites for hydroxylation is 1. The van der Waals surface area contributed by atoms with Gasteiger partial charge in [-0.1, -0.05) is 60.7 Å². The summed E-state index contributed by atoms with van der Waals surface area (Å²) in [6, 6.07) is 23.5. The second-order valence-electron chi connectivity index (χ2n) is 6.94. The van der Waals surface area contributed by atoms with E-state index < -0.39 is 10.8 Å². The Morgan fingerprint density at radius 1 is 1.03 bits per heavy atom. The number of hydrogen-bond donors (Lipinski definition) is 1. The van der Waals surface area contributed by atoms with Crippen molar-refractivity contribution in [1.82, 2.24) is 10.4 Å². The van der Waals surface area contributed by atoms with Crippen molar-refractivity contribution in [2.45, 2.75) is 6.92 Å². The number of hydrazone groups is 1. The van der Waals surface area contributed by atoms with Crippen molar-refractivity contribution in [1.29, 1.82) is 0 Å². The summed E-state index contributed by atoms with van der Waals surface area (Å²) in [7, 11) is 0. The molecule has 0 radical (unpaired) electrons. The number of benzene rings is 3. The van der Waals surface area contributed by atoms with Gasteiger partial charge in [-0.15, -0.1) is 0 Å². The molecule has 1 aromatic heterocycles. The number of carbonyl (C=O) groups excluding carboxylic acids is 1. The Labute approximate surface area is 178 Å². The molecule has 4 aromatic rings. The molecule has 0 saturated heterocycles. The number of nitro benzene ring substituents is 1. The van der Waals surface area contributed by atoms with E-state index in [-0.39, 0.29) is 5.69 Å². The van der Waals surface area contributed by atoms with Crippen molar-refractivity contribution in [3.05, 3.63) is 106 Å². The lowest BCUT2D eigenvalue weighted by molar-refractivity contribution is -0.385. The van der Waals surface area contributed by atoms with Crippen LogP contribution in [0.3, 0.4) is 0 Å². The molecule has 0 saturated carbocycles. The van der Waals surface area contributed by atoms with E-state index in [1.165, 1.54) is 12.3 Å². The van der Waals surface area contributed by atoms with Gasteiger partial charge in [-0.05, 0) is 19.1 Å². The lowest BCUT2D eigenvalue weighted by atomic mass is 10.0. The van der Waals surface area contributed by atoms with Gasteiger partial charge in [0.1, 0.15) is 0 Å². The molecule has 0 aliphatic rings. The van der Waals surface area contributed by atoms with Gasteiger partial charge in [0, 0.05) is 28.1 Å². The number of para-hydroxylation sites is 1. The van der Waals surface area contributed by atoms with Crippen LogP contribution in [-0.4, -0.2) is 22.0 Å². The minimum absolute atomic E-state index is 0.00269. The highest BCUT2D eigenvalue weighted by Gasteiger charge is 2.14. The quantitative estimate of drug-likeness (QED) is 0.288. The molecule has 0 aliphatic carbocycles. The van der Waals surface area contributed by atoms with Crippen LogP contribution in [0.4, 0.5) is 5.69 Å². The number of hydrogen-bond acceptors (Lipinski definition) is 5. The molecule has 152 valence electrons. The summed E-state index contributed by atoms with van der Waals surface area (Å²) < 4.78 is 0. The third-order valence-electron chi connectivity index (χ3n) is 4.84. The van der Waals surface area contributed by atoms with Crippen molar-refractivity contribution in [3.8, 4) is 11.3 Å². The largest absolute Gasteiger partial charge is 0.272 e. The zero-order valence-electron chi connectivity index (χ0n) is 16.6. The first-order valence-electron chi connectivity index (χ1n) is 9.56. The highest BCUT2D eigenvalue weighted by atomic mass is 16.6. The Bertz CT molecular complexity index is 1320. The molecular weight excluding hydrogens is 392 g/mol. The van der Waals surface area contributed by atoms with Crippen molar-refractivity contribution in [2.75, 3.05) is 0 Å². The van der Waals surface area contributed by atoms with E-state index in [0.29, 0.717) is 33.3 Å². The third kappa shape index (κ3) is 4.30. The number of amides is 1. The maximum Gasteiger partial charge on any atom is 0.272 e. The van der Waals surface area contributed by atoms with Crippen LogP contribution in [-0.2, 0) is 0 Å². The molecule has 0 fully saturated rings. The van der Waals surface area contributed by atoms with Gasteiger partial charge in [-0.25, -0.2) is 10.4 Å². The van der Waals surface area contributed by atoms with E-state index in [1.54, 1.807) is 25.1 Å². The molecule has 1 N–H and O–H groups in total. The molecule has 0 aliphatic heterocycles. The van der Waals surface area contributed by atoms with Gasteiger partial charge in [0.15, 0.2) is 0 Å². The second kappa shape index (κ2) is 8.54. The molecule has 0 bridgehead atoms. The molecule has 4 rings (SSSR count). The van der Waals surface area contributed by atoms with Crippen LogP contribution in [0.1, 0.15) is 21.5 Å². The normalized spacial score (nSPS) is 11.0. The molecule has 0 unspecified atom stereocenters. The van der Waals surface area contributed by atoms with Gasteiger partial charge in [-0.3, -0.25) is 14.9 Å². The molecular formula is C24H18N4O3. The summed E-state index contributed by atoms with van der Waals surface area (Å²) >= 11 is 0. The molecule has 31 heavy (non-hydrogen) atoms. The van der Waals surface area contributed by atoms with Crippen molar-refractivity contribution in [3.63, 3.8) is 0 Å². The number of fused-ring (bicyclic) bond motifs is 1. The number of pyridine rings is 1. The van der Waals surface area contributed by atoms with Crippen LogP contribution in [0.25, 0.3) is 22.2 Å². The maximum atomic E-state index is 12.9.